The highest BCUT2D eigenvalue weighted by Crippen LogP contribution is 2.36. The predicted molar refractivity (Wildman–Crippen MR) is 131 cm³/mol. The van der Waals surface area contributed by atoms with Crippen LogP contribution in [0.4, 0.5) is 0 Å². The maximum atomic E-state index is 11.5. The molecule has 0 aliphatic carbocycles. The van der Waals surface area contributed by atoms with Crippen molar-refractivity contribution in [3.05, 3.63) is 60.3 Å². The molecule has 0 radical (unpaired) electrons. The van der Waals surface area contributed by atoms with Gasteiger partial charge in [0, 0.05) is 5.56 Å². The van der Waals surface area contributed by atoms with E-state index in [4.69, 9.17) is 13.9 Å². The number of nitrogens with zero attached hydrogens (tertiary/aromatic N) is 2. The fraction of sp³-hybridized carbons (Fsp3) is 0.360. The summed E-state index contributed by atoms with van der Waals surface area (Å²) in [5.74, 6) is 0.363. The van der Waals surface area contributed by atoms with Crippen LogP contribution in [0.15, 0.2) is 54.6 Å². The second kappa shape index (κ2) is 9.80. The summed E-state index contributed by atoms with van der Waals surface area (Å²) >= 11 is 0. The molecule has 1 heterocycles. The van der Waals surface area contributed by atoms with Crippen LogP contribution in [-0.2, 0) is 4.43 Å². The number of aromatic nitrogens is 2. The lowest BCUT2D eigenvalue weighted by atomic mass is 10.1. The Bertz CT molecular complexity index is 1080. The van der Waals surface area contributed by atoms with Crippen LogP contribution in [0, 0.1) is 0 Å². The van der Waals surface area contributed by atoms with Gasteiger partial charge in [0.15, 0.2) is 14.0 Å². The van der Waals surface area contributed by atoms with Crippen LogP contribution < -0.4 is 9.47 Å². The highest BCUT2D eigenvalue weighted by Gasteiger charge is 2.36. The highest BCUT2D eigenvalue weighted by atomic mass is 28.4. The standard InChI is InChI=1S/C25H32N2O5Si/c1-25(2,3)33(5,6)32-16-15-31-21-11-7-18(8-12-21)23-17-22(24(28)29)26-27(23)19-9-13-20(30-4)14-10-19/h7-14,17H,15-16H2,1-6H3,(H,28,29). The predicted octanol–water partition coefficient (Wildman–Crippen LogP) is 5.65. The quantitative estimate of drug-likeness (QED) is 0.323. The van der Waals surface area contributed by atoms with Crippen molar-refractivity contribution in [3.8, 4) is 28.4 Å². The molecule has 7 nitrogen and oxygen atoms in total. The number of hydrogen-bond acceptors (Lipinski definition) is 5. The zero-order chi connectivity index (χ0) is 24.2. The molecule has 0 saturated carbocycles. The maximum absolute atomic E-state index is 11.5. The fourth-order valence-corrected chi connectivity index (χ4v) is 4.03. The van der Waals surface area contributed by atoms with Gasteiger partial charge in [-0.2, -0.15) is 5.10 Å². The summed E-state index contributed by atoms with van der Waals surface area (Å²) in [6.07, 6.45) is 0. The van der Waals surface area contributed by atoms with Crippen molar-refractivity contribution in [1.29, 1.82) is 0 Å². The fourth-order valence-electron chi connectivity index (χ4n) is 3.01. The number of benzene rings is 2. The van der Waals surface area contributed by atoms with E-state index in [1.807, 2.05) is 48.5 Å². The molecule has 0 fully saturated rings. The highest BCUT2D eigenvalue weighted by molar-refractivity contribution is 6.74. The number of aromatic carboxylic acids is 1. The Labute approximate surface area is 196 Å². The number of methoxy groups -OCH3 is 1. The van der Waals surface area contributed by atoms with E-state index >= 15 is 0 Å². The molecule has 176 valence electrons. The van der Waals surface area contributed by atoms with E-state index in [1.165, 1.54) is 0 Å². The van der Waals surface area contributed by atoms with Gasteiger partial charge in [0.25, 0.3) is 0 Å². The summed E-state index contributed by atoms with van der Waals surface area (Å²) in [4.78, 5) is 11.5. The summed E-state index contributed by atoms with van der Waals surface area (Å²) < 4.78 is 18.8. The van der Waals surface area contributed by atoms with Crippen molar-refractivity contribution in [2.75, 3.05) is 20.3 Å². The lowest BCUT2D eigenvalue weighted by Crippen LogP contribution is -2.41. The Morgan fingerprint density at radius 1 is 1.00 bits per heavy atom. The molecule has 1 aromatic heterocycles. The third kappa shape index (κ3) is 5.83. The van der Waals surface area contributed by atoms with Crippen LogP contribution in [0.2, 0.25) is 18.1 Å². The number of carbonyl (C=O) groups is 1. The van der Waals surface area contributed by atoms with Gasteiger partial charge in [0.05, 0.1) is 25.1 Å². The van der Waals surface area contributed by atoms with Gasteiger partial charge >= 0.3 is 5.97 Å². The molecule has 0 saturated heterocycles. The van der Waals surface area contributed by atoms with Gasteiger partial charge in [0.1, 0.15) is 18.1 Å². The lowest BCUT2D eigenvalue weighted by molar-refractivity contribution is 0.0690. The normalized spacial score (nSPS) is 11.9. The first-order chi connectivity index (χ1) is 15.5. The van der Waals surface area contributed by atoms with Gasteiger partial charge in [-0.25, -0.2) is 9.48 Å². The largest absolute Gasteiger partial charge is 0.497 e. The molecule has 3 aromatic rings. The van der Waals surface area contributed by atoms with Crippen molar-refractivity contribution < 1.29 is 23.8 Å². The van der Waals surface area contributed by atoms with Crippen LogP contribution in [0.25, 0.3) is 16.9 Å². The van der Waals surface area contributed by atoms with Crippen LogP contribution in [-0.4, -0.2) is 49.5 Å². The molecule has 33 heavy (non-hydrogen) atoms. The molecule has 1 N–H and O–H groups in total. The van der Waals surface area contributed by atoms with Crippen molar-refractivity contribution in [3.63, 3.8) is 0 Å². The Morgan fingerprint density at radius 2 is 1.61 bits per heavy atom. The molecule has 0 atom stereocenters. The van der Waals surface area contributed by atoms with Crippen molar-refractivity contribution >= 4 is 14.3 Å². The lowest BCUT2D eigenvalue weighted by Gasteiger charge is -2.36. The molecule has 0 spiro atoms. The van der Waals surface area contributed by atoms with Gasteiger partial charge in [-0.05, 0) is 72.7 Å². The number of ether oxygens (including phenoxy) is 2. The summed E-state index contributed by atoms with van der Waals surface area (Å²) in [6.45, 7) is 12.1. The van der Waals surface area contributed by atoms with Crippen molar-refractivity contribution in [2.45, 2.75) is 38.9 Å². The van der Waals surface area contributed by atoms with Gasteiger partial charge in [-0.3, -0.25) is 0 Å². The molecular formula is C25H32N2O5Si. The Balaban J connectivity index is 1.74. The van der Waals surface area contributed by atoms with E-state index in [9.17, 15) is 9.90 Å². The monoisotopic (exact) mass is 468 g/mol. The summed E-state index contributed by atoms with van der Waals surface area (Å²) in [5, 5.41) is 13.9. The topological polar surface area (TPSA) is 82.8 Å². The van der Waals surface area contributed by atoms with E-state index in [-0.39, 0.29) is 10.7 Å². The first-order valence-electron chi connectivity index (χ1n) is 10.9. The van der Waals surface area contributed by atoms with E-state index in [0.717, 1.165) is 17.0 Å². The van der Waals surface area contributed by atoms with Crippen LogP contribution in [0.3, 0.4) is 0 Å². The number of rotatable bonds is 9. The number of hydrogen-bond donors (Lipinski definition) is 1. The smallest absolute Gasteiger partial charge is 0.356 e. The summed E-state index contributed by atoms with van der Waals surface area (Å²) in [6, 6.07) is 16.4. The summed E-state index contributed by atoms with van der Waals surface area (Å²) in [7, 11) is -0.196. The van der Waals surface area contributed by atoms with Gasteiger partial charge < -0.3 is 19.0 Å². The second-order valence-corrected chi connectivity index (χ2v) is 14.1. The average Bonchev–Trinajstić information content (AvgIpc) is 3.22. The van der Waals surface area contributed by atoms with Crippen LogP contribution in [0.1, 0.15) is 31.3 Å². The van der Waals surface area contributed by atoms with E-state index in [2.05, 4.69) is 39.0 Å². The molecule has 0 aliphatic heterocycles. The number of carboxylic acid groups (broad SMARTS) is 1. The zero-order valence-corrected chi connectivity index (χ0v) is 21.1. The number of carboxylic acids is 1. The van der Waals surface area contributed by atoms with Crippen LogP contribution in [0.5, 0.6) is 11.5 Å². The van der Waals surface area contributed by atoms with E-state index in [1.54, 1.807) is 17.9 Å². The Hall–Kier alpha value is -3.10. The molecule has 2 aromatic carbocycles. The van der Waals surface area contributed by atoms with Gasteiger partial charge in [-0.15, -0.1) is 0 Å². The van der Waals surface area contributed by atoms with E-state index in [0.29, 0.717) is 24.7 Å². The first kappa shape index (κ1) is 24.5. The second-order valence-electron chi connectivity index (χ2n) is 9.31. The van der Waals surface area contributed by atoms with Gasteiger partial charge in [-0.1, -0.05) is 20.8 Å². The van der Waals surface area contributed by atoms with Crippen molar-refractivity contribution in [2.24, 2.45) is 0 Å². The molecule has 0 aliphatic rings. The molecular weight excluding hydrogens is 436 g/mol. The van der Waals surface area contributed by atoms with Gasteiger partial charge in [0.2, 0.25) is 0 Å². The molecule has 3 rings (SSSR count). The molecule has 0 bridgehead atoms. The minimum Gasteiger partial charge on any atom is -0.497 e. The maximum Gasteiger partial charge on any atom is 0.356 e. The summed E-state index contributed by atoms with van der Waals surface area (Å²) in [5.41, 5.74) is 2.21. The molecule has 8 heteroatoms. The average molecular weight is 469 g/mol. The van der Waals surface area contributed by atoms with Crippen LogP contribution >= 0.6 is 0 Å². The molecule has 0 unspecified atom stereocenters. The minimum absolute atomic E-state index is 0.0241. The minimum atomic E-state index is -1.79. The SMILES string of the molecule is COc1ccc(-n2nc(C(=O)O)cc2-c2ccc(OCCO[Si](C)(C)C(C)(C)C)cc2)cc1. The Kier molecular flexibility index (Phi) is 7.29. The Morgan fingerprint density at radius 3 is 2.15 bits per heavy atom. The zero-order valence-electron chi connectivity index (χ0n) is 20.1. The third-order valence-electron chi connectivity index (χ3n) is 6.02. The van der Waals surface area contributed by atoms with E-state index < -0.39 is 14.3 Å². The third-order valence-corrected chi connectivity index (χ3v) is 10.6. The first-order valence-corrected chi connectivity index (χ1v) is 13.8. The molecule has 0 amide bonds. The van der Waals surface area contributed by atoms with Crippen molar-refractivity contribution in [1.82, 2.24) is 9.78 Å².